The zero-order valence-corrected chi connectivity index (χ0v) is 17.8. The predicted molar refractivity (Wildman–Crippen MR) is 111 cm³/mol. The van der Waals surface area contributed by atoms with Crippen molar-refractivity contribution in [3.63, 3.8) is 0 Å². The molecule has 0 spiro atoms. The minimum absolute atomic E-state index is 0.0557. The van der Waals surface area contributed by atoms with Crippen molar-refractivity contribution in [2.45, 2.75) is 23.3 Å². The van der Waals surface area contributed by atoms with Gasteiger partial charge in [-0.05, 0) is 36.2 Å². The maximum absolute atomic E-state index is 12.3. The summed E-state index contributed by atoms with van der Waals surface area (Å²) >= 11 is 0. The average molecular weight is 424 g/mol. The lowest BCUT2D eigenvalue weighted by molar-refractivity contribution is 0.594. The van der Waals surface area contributed by atoms with Gasteiger partial charge in [-0.15, -0.1) is 0 Å². The minimum atomic E-state index is -3.36. The topological polar surface area (TPSA) is 105 Å². The molecule has 0 amide bonds. The lowest BCUT2D eigenvalue weighted by atomic mass is 10.1. The van der Waals surface area contributed by atoms with E-state index < -0.39 is 19.7 Å². The van der Waals surface area contributed by atoms with E-state index in [0.717, 1.165) is 5.56 Å². The van der Waals surface area contributed by atoms with Gasteiger partial charge < -0.3 is 10.6 Å². The normalized spacial score (nSPS) is 12.6. The average Bonchev–Trinajstić information content (AvgIpc) is 2.64. The molecule has 0 aromatic heterocycles. The molecule has 2 N–H and O–H groups in total. The molecule has 0 saturated heterocycles. The Morgan fingerprint density at radius 3 is 2.25 bits per heavy atom. The second-order valence-electron chi connectivity index (χ2n) is 6.36. The second kappa shape index (κ2) is 9.20. The number of rotatable bonds is 7. The Hall–Kier alpha value is -2.39. The van der Waals surface area contributed by atoms with Crippen molar-refractivity contribution in [1.29, 1.82) is 0 Å². The zero-order chi connectivity index (χ0) is 20.8. The Bertz CT molecular complexity index is 1050. The summed E-state index contributed by atoms with van der Waals surface area (Å²) in [5, 5.41) is 6.07. The molecule has 2 aromatic carbocycles. The van der Waals surface area contributed by atoms with Gasteiger partial charge in [-0.25, -0.2) is 16.8 Å². The fourth-order valence-corrected chi connectivity index (χ4v) is 4.83. The number of nitrogens with zero attached hydrogens (tertiary/aromatic N) is 1. The van der Waals surface area contributed by atoms with E-state index in [1.807, 2.05) is 0 Å². The quantitative estimate of drug-likeness (QED) is 0.517. The highest BCUT2D eigenvalue weighted by molar-refractivity contribution is 7.91. The van der Waals surface area contributed by atoms with Crippen LogP contribution in [0.1, 0.15) is 11.1 Å². The smallest absolute Gasteiger partial charge is 0.191 e. The van der Waals surface area contributed by atoms with Crippen molar-refractivity contribution in [1.82, 2.24) is 10.6 Å². The number of hydrogen-bond acceptors (Lipinski definition) is 5. The summed E-state index contributed by atoms with van der Waals surface area (Å²) in [4.78, 5) is 4.68. The predicted octanol–water partition coefficient (Wildman–Crippen LogP) is 1.54. The van der Waals surface area contributed by atoms with Gasteiger partial charge in [-0.1, -0.05) is 30.3 Å². The van der Waals surface area contributed by atoms with Gasteiger partial charge in [0, 0.05) is 26.4 Å². The highest BCUT2D eigenvalue weighted by Crippen LogP contribution is 2.16. The highest BCUT2D eigenvalue weighted by Gasteiger charge is 2.14. The maximum Gasteiger partial charge on any atom is 0.191 e. The third-order valence-electron chi connectivity index (χ3n) is 4.09. The Kier molecular flexibility index (Phi) is 7.20. The van der Waals surface area contributed by atoms with Crippen LogP contribution in [0.4, 0.5) is 0 Å². The van der Waals surface area contributed by atoms with Crippen molar-refractivity contribution in [2.75, 3.05) is 25.6 Å². The Labute approximate surface area is 166 Å². The standard InChI is InChI=1S/C19H25N3O4S2/c1-15-13-16(9-10-18(15)27(3,23)24)14-22-19(20-2)21-11-12-28(25,26)17-7-5-4-6-8-17/h4-10,13H,11-12,14H2,1-3H3,(H2,20,21,22). The first-order valence-electron chi connectivity index (χ1n) is 8.65. The fraction of sp³-hybridized carbons (Fsp3) is 0.316. The van der Waals surface area contributed by atoms with Crippen LogP contribution in [-0.4, -0.2) is 48.4 Å². The molecule has 9 heteroatoms. The van der Waals surface area contributed by atoms with Crippen molar-refractivity contribution in [3.8, 4) is 0 Å². The molecule has 0 aliphatic carbocycles. The number of guanidine groups is 1. The monoisotopic (exact) mass is 423 g/mol. The van der Waals surface area contributed by atoms with Gasteiger partial charge in [0.2, 0.25) is 0 Å². The lowest BCUT2D eigenvalue weighted by Crippen LogP contribution is -2.39. The summed E-state index contributed by atoms with van der Waals surface area (Å²) in [7, 11) is -5.01. The molecule has 28 heavy (non-hydrogen) atoms. The molecule has 2 aromatic rings. The molecule has 0 radical (unpaired) electrons. The van der Waals surface area contributed by atoms with Crippen molar-refractivity contribution in [2.24, 2.45) is 4.99 Å². The fourth-order valence-electron chi connectivity index (χ4n) is 2.69. The van der Waals surface area contributed by atoms with Crippen molar-refractivity contribution >= 4 is 25.6 Å². The van der Waals surface area contributed by atoms with Gasteiger partial charge in [0.15, 0.2) is 25.6 Å². The van der Waals surface area contributed by atoms with E-state index in [1.165, 1.54) is 6.26 Å². The summed E-state index contributed by atoms with van der Waals surface area (Å²) < 4.78 is 47.9. The van der Waals surface area contributed by atoms with Gasteiger partial charge in [0.1, 0.15) is 0 Å². The lowest BCUT2D eigenvalue weighted by Gasteiger charge is -2.13. The number of nitrogens with one attached hydrogen (secondary N) is 2. The molecule has 0 heterocycles. The van der Waals surface area contributed by atoms with E-state index in [1.54, 1.807) is 62.5 Å². The maximum atomic E-state index is 12.3. The van der Waals surface area contributed by atoms with Gasteiger partial charge in [-0.3, -0.25) is 4.99 Å². The molecule has 0 aliphatic heterocycles. The number of sulfone groups is 2. The summed E-state index contributed by atoms with van der Waals surface area (Å²) in [5.74, 6) is 0.410. The molecular weight excluding hydrogens is 398 g/mol. The Balaban J connectivity index is 1.91. The molecule has 0 saturated carbocycles. The van der Waals surface area contributed by atoms with Crippen molar-refractivity contribution in [3.05, 3.63) is 59.7 Å². The number of hydrogen-bond donors (Lipinski definition) is 2. The first kappa shape index (κ1) is 21.9. The van der Waals surface area contributed by atoms with Crippen LogP contribution in [0.3, 0.4) is 0 Å². The van der Waals surface area contributed by atoms with Crippen LogP contribution in [0.2, 0.25) is 0 Å². The third kappa shape index (κ3) is 6.07. The number of aliphatic imine (C=N–C) groups is 1. The van der Waals surface area contributed by atoms with Crippen molar-refractivity contribution < 1.29 is 16.8 Å². The van der Waals surface area contributed by atoms with Crippen LogP contribution in [0.25, 0.3) is 0 Å². The summed E-state index contributed by atoms with van der Waals surface area (Å²) in [6, 6.07) is 13.4. The molecule has 152 valence electrons. The molecule has 0 unspecified atom stereocenters. The van der Waals surface area contributed by atoms with E-state index in [0.29, 0.717) is 27.9 Å². The van der Waals surface area contributed by atoms with Gasteiger partial charge in [0.05, 0.1) is 15.5 Å². The summed E-state index contributed by atoms with van der Waals surface area (Å²) in [6.45, 7) is 2.39. The molecule has 2 rings (SSSR count). The minimum Gasteiger partial charge on any atom is -0.355 e. The van der Waals surface area contributed by atoms with Gasteiger partial charge in [0.25, 0.3) is 0 Å². The SMILES string of the molecule is CN=C(NCCS(=O)(=O)c1ccccc1)NCc1ccc(S(C)(=O)=O)c(C)c1. The molecule has 7 nitrogen and oxygen atoms in total. The largest absolute Gasteiger partial charge is 0.355 e. The van der Waals surface area contributed by atoms with Crippen LogP contribution >= 0.6 is 0 Å². The summed E-state index contributed by atoms with van der Waals surface area (Å²) in [5.41, 5.74) is 1.57. The molecule has 0 bridgehead atoms. The molecule has 0 atom stereocenters. The number of benzene rings is 2. The number of aryl methyl sites for hydroxylation is 1. The second-order valence-corrected chi connectivity index (χ2v) is 10.4. The van der Waals surface area contributed by atoms with E-state index in [9.17, 15) is 16.8 Å². The van der Waals surface area contributed by atoms with E-state index >= 15 is 0 Å². The Morgan fingerprint density at radius 2 is 1.68 bits per heavy atom. The van der Waals surface area contributed by atoms with Gasteiger partial charge >= 0.3 is 0 Å². The first-order chi connectivity index (χ1) is 13.1. The summed E-state index contributed by atoms with van der Waals surface area (Å²) in [6.07, 6.45) is 1.18. The molecule has 0 fully saturated rings. The highest BCUT2D eigenvalue weighted by atomic mass is 32.2. The third-order valence-corrected chi connectivity index (χ3v) is 7.08. The van der Waals surface area contributed by atoms with Crippen LogP contribution in [-0.2, 0) is 26.2 Å². The first-order valence-corrected chi connectivity index (χ1v) is 12.2. The van der Waals surface area contributed by atoms with Crippen LogP contribution in [0, 0.1) is 6.92 Å². The molecule has 0 aliphatic rings. The van der Waals surface area contributed by atoms with Gasteiger partial charge in [-0.2, -0.15) is 0 Å². The Morgan fingerprint density at radius 1 is 1.00 bits per heavy atom. The van der Waals surface area contributed by atoms with E-state index in [2.05, 4.69) is 15.6 Å². The van der Waals surface area contributed by atoms with Crippen LogP contribution in [0.5, 0.6) is 0 Å². The van der Waals surface area contributed by atoms with Crippen LogP contribution in [0.15, 0.2) is 63.3 Å². The molecular formula is C19H25N3O4S2. The van der Waals surface area contributed by atoms with Crippen LogP contribution < -0.4 is 10.6 Å². The van der Waals surface area contributed by atoms with E-state index in [-0.39, 0.29) is 12.3 Å². The zero-order valence-electron chi connectivity index (χ0n) is 16.1. The van der Waals surface area contributed by atoms with E-state index in [4.69, 9.17) is 0 Å².